The lowest BCUT2D eigenvalue weighted by molar-refractivity contribution is -0.0182. The van der Waals surface area contributed by atoms with Gasteiger partial charge in [0.1, 0.15) is 0 Å². The van der Waals surface area contributed by atoms with E-state index >= 15 is 0 Å². The SMILES string of the molecule is CN1CCO[C@H](CNCc2cnn(C(C)(C)C)c2)C1. The zero-order chi connectivity index (χ0) is 13.9. The number of rotatable bonds is 4. The maximum Gasteiger partial charge on any atom is 0.0826 e. The van der Waals surface area contributed by atoms with Crippen molar-refractivity contribution in [3.05, 3.63) is 18.0 Å². The zero-order valence-electron chi connectivity index (χ0n) is 12.5. The van der Waals surface area contributed by atoms with E-state index in [2.05, 4.69) is 49.3 Å². The van der Waals surface area contributed by atoms with E-state index in [9.17, 15) is 0 Å². The number of aromatic nitrogens is 2. The number of likely N-dealkylation sites (N-methyl/N-ethyl adjacent to an activating group) is 1. The molecular formula is C14H26N4O. The minimum absolute atomic E-state index is 0.0491. The van der Waals surface area contributed by atoms with Gasteiger partial charge in [0.2, 0.25) is 0 Å². The van der Waals surface area contributed by atoms with Gasteiger partial charge in [0.05, 0.1) is 24.4 Å². The van der Waals surface area contributed by atoms with E-state index in [1.807, 2.05) is 10.9 Å². The van der Waals surface area contributed by atoms with Crippen molar-refractivity contribution < 1.29 is 4.74 Å². The Hall–Kier alpha value is -0.910. The number of hydrogen-bond acceptors (Lipinski definition) is 4. The summed E-state index contributed by atoms with van der Waals surface area (Å²) >= 11 is 0. The topological polar surface area (TPSA) is 42.3 Å². The highest BCUT2D eigenvalue weighted by Crippen LogP contribution is 2.13. The maximum absolute atomic E-state index is 5.72. The van der Waals surface area contributed by atoms with Gasteiger partial charge in [-0.3, -0.25) is 4.68 Å². The van der Waals surface area contributed by atoms with Crippen LogP contribution in [0, 0.1) is 0 Å². The van der Waals surface area contributed by atoms with E-state index in [0.29, 0.717) is 6.10 Å². The van der Waals surface area contributed by atoms with Gasteiger partial charge in [0.25, 0.3) is 0 Å². The first-order chi connectivity index (χ1) is 8.95. The largest absolute Gasteiger partial charge is 0.374 e. The summed E-state index contributed by atoms with van der Waals surface area (Å²) in [7, 11) is 2.14. The molecule has 19 heavy (non-hydrogen) atoms. The number of hydrogen-bond donors (Lipinski definition) is 1. The van der Waals surface area contributed by atoms with Crippen molar-refractivity contribution in [2.45, 2.75) is 39.0 Å². The fraction of sp³-hybridized carbons (Fsp3) is 0.786. The van der Waals surface area contributed by atoms with Crippen LogP contribution in [0.25, 0.3) is 0 Å². The maximum atomic E-state index is 5.72. The second-order valence-corrected chi connectivity index (χ2v) is 6.35. The molecule has 0 aliphatic carbocycles. The lowest BCUT2D eigenvalue weighted by Crippen LogP contribution is -2.44. The van der Waals surface area contributed by atoms with E-state index in [0.717, 1.165) is 32.8 Å². The van der Waals surface area contributed by atoms with Crippen LogP contribution in [0.3, 0.4) is 0 Å². The fourth-order valence-electron chi connectivity index (χ4n) is 2.19. The van der Waals surface area contributed by atoms with Crippen LogP contribution in [-0.4, -0.2) is 54.1 Å². The van der Waals surface area contributed by atoms with Crippen LogP contribution >= 0.6 is 0 Å². The molecule has 108 valence electrons. The minimum Gasteiger partial charge on any atom is -0.374 e. The van der Waals surface area contributed by atoms with Gasteiger partial charge in [0.15, 0.2) is 0 Å². The van der Waals surface area contributed by atoms with Crippen molar-refractivity contribution in [2.24, 2.45) is 0 Å². The molecule has 0 unspecified atom stereocenters. The molecule has 2 rings (SSSR count). The van der Waals surface area contributed by atoms with Gasteiger partial charge in [-0.15, -0.1) is 0 Å². The molecule has 0 spiro atoms. The van der Waals surface area contributed by atoms with Crippen molar-refractivity contribution in [1.82, 2.24) is 20.0 Å². The Morgan fingerprint density at radius 3 is 2.89 bits per heavy atom. The second-order valence-electron chi connectivity index (χ2n) is 6.35. The molecule has 0 aromatic carbocycles. The average molecular weight is 266 g/mol. The van der Waals surface area contributed by atoms with Crippen LogP contribution in [0.4, 0.5) is 0 Å². The molecule has 2 heterocycles. The van der Waals surface area contributed by atoms with Gasteiger partial charge in [-0.1, -0.05) is 0 Å². The molecule has 1 aliphatic rings. The van der Waals surface area contributed by atoms with E-state index in [1.54, 1.807) is 0 Å². The molecule has 5 heteroatoms. The third-order valence-electron chi connectivity index (χ3n) is 3.37. The Bertz CT molecular complexity index is 396. The zero-order valence-corrected chi connectivity index (χ0v) is 12.5. The highest BCUT2D eigenvalue weighted by molar-refractivity contribution is 5.04. The summed E-state index contributed by atoms with van der Waals surface area (Å²) < 4.78 is 7.73. The van der Waals surface area contributed by atoms with Crippen LogP contribution in [0.5, 0.6) is 0 Å². The first-order valence-corrected chi connectivity index (χ1v) is 7.00. The lowest BCUT2D eigenvalue weighted by atomic mass is 10.1. The smallest absolute Gasteiger partial charge is 0.0826 e. The van der Waals surface area contributed by atoms with Gasteiger partial charge in [-0.05, 0) is 27.8 Å². The first-order valence-electron chi connectivity index (χ1n) is 7.00. The summed E-state index contributed by atoms with van der Waals surface area (Å²) in [6, 6.07) is 0. The number of nitrogens with zero attached hydrogens (tertiary/aromatic N) is 3. The number of ether oxygens (including phenoxy) is 1. The van der Waals surface area contributed by atoms with Crippen LogP contribution in [0.2, 0.25) is 0 Å². The normalized spacial score (nSPS) is 21.8. The third-order valence-corrected chi connectivity index (χ3v) is 3.37. The molecule has 0 amide bonds. The van der Waals surface area contributed by atoms with Crippen LogP contribution in [-0.2, 0) is 16.8 Å². The van der Waals surface area contributed by atoms with Crippen molar-refractivity contribution in [2.75, 3.05) is 33.3 Å². The summed E-state index contributed by atoms with van der Waals surface area (Å²) in [4.78, 5) is 2.31. The lowest BCUT2D eigenvalue weighted by Gasteiger charge is -2.30. The Labute approximate surface area is 115 Å². The molecule has 5 nitrogen and oxygen atoms in total. The summed E-state index contributed by atoms with van der Waals surface area (Å²) in [6.45, 7) is 11.1. The fourth-order valence-corrected chi connectivity index (χ4v) is 2.19. The molecule has 1 atom stereocenters. The van der Waals surface area contributed by atoms with E-state index in [-0.39, 0.29) is 5.54 Å². The van der Waals surface area contributed by atoms with Crippen molar-refractivity contribution in [3.63, 3.8) is 0 Å². The highest BCUT2D eigenvalue weighted by Gasteiger charge is 2.17. The van der Waals surface area contributed by atoms with Crippen LogP contribution < -0.4 is 5.32 Å². The molecule has 0 bridgehead atoms. The summed E-state index contributed by atoms with van der Waals surface area (Å²) in [6.07, 6.45) is 4.35. The van der Waals surface area contributed by atoms with Crippen LogP contribution in [0.1, 0.15) is 26.3 Å². The van der Waals surface area contributed by atoms with Gasteiger partial charge < -0.3 is 15.0 Å². The number of nitrogens with one attached hydrogen (secondary N) is 1. The predicted octanol–water partition coefficient (Wildman–Crippen LogP) is 1.06. The Kier molecular flexibility index (Phi) is 4.60. The molecule has 1 fully saturated rings. The van der Waals surface area contributed by atoms with Gasteiger partial charge in [-0.25, -0.2) is 0 Å². The van der Waals surface area contributed by atoms with Crippen molar-refractivity contribution >= 4 is 0 Å². The third kappa shape index (κ3) is 4.30. The summed E-state index contributed by atoms with van der Waals surface area (Å²) in [5, 5.41) is 7.85. The molecule has 1 saturated heterocycles. The van der Waals surface area contributed by atoms with Crippen molar-refractivity contribution in [1.29, 1.82) is 0 Å². The minimum atomic E-state index is 0.0491. The molecule has 1 N–H and O–H groups in total. The highest BCUT2D eigenvalue weighted by atomic mass is 16.5. The van der Waals surface area contributed by atoms with E-state index in [4.69, 9.17) is 4.74 Å². The quantitative estimate of drug-likeness (QED) is 0.885. The van der Waals surface area contributed by atoms with Gasteiger partial charge in [-0.2, -0.15) is 5.10 Å². The number of morpholine rings is 1. The van der Waals surface area contributed by atoms with Crippen LogP contribution in [0.15, 0.2) is 12.4 Å². The molecule has 0 saturated carbocycles. The molecule has 1 aromatic rings. The average Bonchev–Trinajstić information content (AvgIpc) is 2.77. The summed E-state index contributed by atoms with van der Waals surface area (Å²) in [5.41, 5.74) is 1.27. The Balaban J connectivity index is 1.75. The monoisotopic (exact) mass is 266 g/mol. The molecule has 1 aliphatic heterocycles. The second kappa shape index (κ2) is 6.03. The molecule has 0 radical (unpaired) electrons. The van der Waals surface area contributed by atoms with E-state index in [1.165, 1.54) is 5.56 Å². The summed E-state index contributed by atoms with van der Waals surface area (Å²) in [5.74, 6) is 0. The van der Waals surface area contributed by atoms with E-state index < -0.39 is 0 Å². The van der Waals surface area contributed by atoms with Gasteiger partial charge in [0, 0.05) is 37.9 Å². The van der Waals surface area contributed by atoms with Crippen molar-refractivity contribution in [3.8, 4) is 0 Å². The Morgan fingerprint density at radius 2 is 2.26 bits per heavy atom. The predicted molar refractivity (Wildman–Crippen MR) is 76.2 cm³/mol. The molecular weight excluding hydrogens is 240 g/mol. The Morgan fingerprint density at radius 1 is 1.47 bits per heavy atom. The first kappa shape index (κ1) is 14.5. The van der Waals surface area contributed by atoms with Gasteiger partial charge >= 0.3 is 0 Å². The molecule has 1 aromatic heterocycles. The standard InChI is InChI=1S/C14H26N4O/c1-14(2,3)18-10-12(8-16-18)7-15-9-13-11-17(4)5-6-19-13/h8,10,13,15H,5-7,9,11H2,1-4H3/t13-/m1/s1.